The Morgan fingerprint density at radius 1 is 1.38 bits per heavy atom. The maximum atomic E-state index is 11.9. The second kappa shape index (κ2) is 4.56. The maximum Gasteiger partial charge on any atom is 0.223 e. The molecular weight excluding hydrogens is 202 g/mol. The van der Waals surface area contributed by atoms with Gasteiger partial charge in [-0.15, -0.1) is 0 Å². The molecule has 3 heteroatoms. The van der Waals surface area contributed by atoms with Gasteiger partial charge in [0, 0.05) is 5.92 Å². The minimum Gasteiger partial charge on any atom is -0.346 e. The van der Waals surface area contributed by atoms with Crippen molar-refractivity contribution in [1.82, 2.24) is 5.32 Å². The molecule has 1 aliphatic rings. The number of rotatable bonds is 4. The van der Waals surface area contributed by atoms with Gasteiger partial charge in [0.05, 0.1) is 6.04 Å². The van der Waals surface area contributed by atoms with E-state index < -0.39 is 0 Å². The summed E-state index contributed by atoms with van der Waals surface area (Å²) in [4.78, 5) is 23.4. The van der Waals surface area contributed by atoms with Crippen LogP contribution in [-0.2, 0) is 9.59 Å². The van der Waals surface area contributed by atoms with E-state index in [0.29, 0.717) is 5.92 Å². The van der Waals surface area contributed by atoms with E-state index >= 15 is 0 Å². The zero-order valence-electron chi connectivity index (χ0n) is 11.0. The standard InChI is InChI=1S/C13H23NO2/c1-6-9-7-10(9)12(16)14-11(8(2)15)13(3,4)5/h9-11H,6-7H2,1-5H3,(H,14,16)/t9?,10-,11-/m1/s1. The smallest absolute Gasteiger partial charge is 0.223 e. The number of carbonyl (C=O) groups is 2. The zero-order valence-corrected chi connectivity index (χ0v) is 11.0. The van der Waals surface area contributed by atoms with Crippen LogP contribution in [-0.4, -0.2) is 17.7 Å². The summed E-state index contributed by atoms with van der Waals surface area (Å²) < 4.78 is 0. The number of hydrogen-bond acceptors (Lipinski definition) is 2. The first-order chi connectivity index (χ1) is 7.27. The molecule has 1 aliphatic carbocycles. The van der Waals surface area contributed by atoms with E-state index in [2.05, 4.69) is 12.2 Å². The lowest BCUT2D eigenvalue weighted by Gasteiger charge is -2.29. The minimum absolute atomic E-state index is 0.0366. The van der Waals surface area contributed by atoms with E-state index in [1.165, 1.54) is 0 Å². The molecule has 0 radical (unpaired) electrons. The van der Waals surface area contributed by atoms with Crippen molar-refractivity contribution in [1.29, 1.82) is 0 Å². The fraction of sp³-hybridized carbons (Fsp3) is 0.846. The van der Waals surface area contributed by atoms with Crippen LogP contribution in [0.3, 0.4) is 0 Å². The second-order valence-electron chi connectivity index (χ2n) is 5.93. The van der Waals surface area contributed by atoms with Crippen LogP contribution in [0.2, 0.25) is 0 Å². The monoisotopic (exact) mass is 225 g/mol. The van der Waals surface area contributed by atoms with Gasteiger partial charge in [-0.2, -0.15) is 0 Å². The largest absolute Gasteiger partial charge is 0.346 e. The Labute approximate surface area is 98.0 Å². The van der Waals surface area contributed by atoms with Crippen LogP contribution < -0.4 is 5.32 Å². The number of amides is 1. The predicted octanol–water partition coefficient (Wildman–Crippen LogP) is 2.15. The molecule has 3 atom stereocenters. The van der Waals surface area contributed by atoms with Gasteiger partial charge in [-0.1, -0.05) is 34.1 Å². The van der Waals surface area contributed by atoms with Crippen LogP contribution in [0.15, 0.2) is 0 Å². The number of Topliss-reactive ketones (excluding diaryl/α,β-unsaturated/α-hetero) is 1. The van der Waals surface area contributed by atoms with Gasteiger partial charge in [0.1, 0.15) is 0 Å². The van der Waals surface area contributed by atoms with Crippen LogP contribution in [0, 0.1) is 17.3 Å². The molecule has 16 heavy (non-hydrogen) atoms. The Hall–Kier alpha value is -0.860. The Kier molecular flexibility index (Phi) is 3.76. The molecule has 3 nitrogen and oxygen atoms in total. The molecule has 1 unspecified atom stereocenters. The number of carbonyl (C=O) groups excluding carboxylic acids is 2. The van der Waals surface area contributed by atoms with Gasteiger partial charge in [-0.25, -0.2) is 0 Å². The predicted molar refractivity (Wildman–Crippen MR) is 64.0 cm³/mol. The summed E-state index contributed by atoms with van der Waals surface area (Å²) in [5, 5.41) is 2.89. The minimum atomic E-state index is -0.363. The van der Waals surface area contributed by atoms with Crippen molar-refractivity contribution in [3.8, 4) is 0 Å². The fourth-order valence-corrected chi connectivity index (χ4v) is 2.20. The molecule has 1 amide bonds. The number of hydrogen-bond donors (Lipinski definition) is 1. The van der Waals surface area contributed by atoms with Gasteiger partial charge < -0.3 is 5.32 Å². The molecule has 0 spiro atoms. The van der Waals surface area contributed by atoms with Crippen molar-refractivity contribution in [2.75, 3.05) is 0 Å². The molecule has 0 heterocycles. The molecule has 1 rings (SSSR count). The van der Waals surface area contributed by atoms with Crippen molar-refractivity contribution < 1.29 is 9.59 Å². The van der Waals surface area contributed by atoms with Crippen LogP contribution in [0.5, 0.6) is 0 Å². The lowest BCUT2D eigenvalue weighted by Crippen LogP contribution is -2.48. The summed E-state index contributed by atoms with van der Waals surface area (Å²) in [7, 11) is 0. The van der Waals surface area contributed by atoms with Crippen molar-refractivity contribution >= 4 is 11.7 Å². The first kappa shape index (κ1) is 13.2. The molecule has 0 aromatic heterocycles. The molecule has 0 aromatic carbocycles. The van der Waals surface area contributed by atoms with E-state index in [1.54, 1.807) is 6.92 Å². The highest BCUT2D eigenvalue weighted by atomic mass is 16.2. The molecule has 0 aromatic rings. The second-order valence-corrected chi connectivity index (χ2v) is 5.93. The van der Waals surface area contributed by atoms with Crippen molar-refractivity contribution in [2.45, 2.75) is 53.5 Å². The molecule has 92 valence electrons. The van der Waals surface area contributed by atoms with Gasteiger partial charge in [-0.05, 0) is 24.7 Å². The SMILES string of the molecule is CCC1C[C@H]1C(=O)N[C@H](C(C)=O)C(C)(C)C. The first-order valence-electron chi connectivity index (χ1n) is 6.08. The highest BCUT2D eigenvalue weighted by Gasteiger charge is 2.43. The Bertz CT molecular complexity index is 291. The van der Waals surface area contributed by atoms with Gasteiger partial charge in [0.15, 0.2) is 5.78 Å². The third-order valence-corrected chi connectivity index (χ3v) is 3.34. The lowest BCUT2D eigenvalue weighted by atomic mass is 9.84. The summed E-state index contributed by atoms with van der Waals surface area (Å²) in [6.07, 6.45) is 2.04. The van der Waals surface area contributed by atoms with E-state index in [0.717, 1.165) is 12.8 Å². The summed E-state index contributed by atoms with van der Waals surface area (Å²) in [6.45, 7) is 9.57. The molecular formula is C13H23NO2. The normalized spacial score (nSPS) is 26.1. The molecule has 1 N–H and O–H groups in total. The van der Waals surface area contributed by atoms with Crippen LogP contribution in [0.1, 0.15) is 47.5 Å². The summed E-state index contributed by atoms with van der Waals surface area (Å²) in [5.41, 5.74) is -0.210. The van der Waals surface area contributed by atoms with Gasteiger partial charge in [0.25, 0.3) is 0 Å². The highest BCUT2D eigenvalue weighted by Crippen LogP contribution is 2.41. The zero-order chi connectivity index (χ0) is 12.5. The third kappa shape index (κ3) is 3.06. The third-order valence-electron chi connectivity index (χ3n) is 3.34. The van der Waals surface area contributed by atoms with Crippen molar-refractivity contribution in [3.05, 3.63) is 0 Å². The molecule has 0 saturated heterocycles. The number of nitrogens with one attached hydrogen (secondary N) is 1. The summed E-state index contributed by atoms with van der Waals surface area (Å²) in [6, 6.07) is -0.363. The summed E-state index contributed by atoms with van der Waals surface area (Å²) >= 11 is 0. The Morgan fingerprint density at radius 2 is 1.94 bits per heavy atom. The van der Waals surface area contributed by atoms with E-state index in [4.69, 9.17) is 0 Å². The van der Waals surface area contributed by atoms with E-state index in [1.807, 2.05) is 20.8 Å². The van der Waals surface area contributed by atoms with Crippen LogP contribution >= 0.6 is 0 Å². The molecule has 0 aliphatic heterocycles. The average Bonchev–Trinajstić information content (AvgIpc) is 2.90. The van der Waals surface area contributed by atoms with Gasteiger partial charge in [-0.3, -0.25) is 9.59 Å². The van der Waals surface area contributed by atoms with Gasteiger partial charge >= 0.3 is 0 Å². The van der Waals surface area contributed by atoms with Crippen molar-refractivity contribution in [3.63, 3.8) is 0 Å². The van der Waals surface area contributed by atoms with Crippen LogP contribution in [0.25, 0.3) is 0 Å². The highest BCUT2D eigenvalue weighted by molar-refractivity contribution is 5.90. The molecule has 1 saturated carbocycles. The average molecular weight is 225 g/mol. The van der Waals surface area contributed by atoms with E-state index in [9.17, 15) is 9.59 Å². The van der Waals surface area contributed by atoms with Crippen LogP contribution in [0.4, 0.5) is 0 Å². The van der Waals surface area contributed by atoms with Gasteiger partial charge in [0.2, 0.25) is 5.91 Å². The Balaban J connectivity index is 2.57. The molecule has 0 bridgehead atoms. The van der Waals surface area contributed by atoms with Crippen molar-refractivity contribution in [2.24, 2.45) is 17.3 Å². The quantitative estimate of drug-likeness (QED) is 0.797. The van der Waals surface area contributed by atoms with E-state index in [-0.39, 0.29) is 29.1 Å². The lowest BCUT2D eigenvalue weighted by molar-refractivity contribution is -0.130. The molecule has 1 fully saturated rings. The Morgan fingerprint density at radius 3 is 2.25 bits per heavy atom. The first-order valence-corrected chi connectivity index (χ1v) is 6.08. The fourth-order valence-electron chi connectivity index (χ4n) is 2.20. The summed E-state index contributed by atoms with van der Waals surface area (Å²) in [5.74, 6) is 0.776. The maximum absolute atomic E-state index is 11.9. The number of ketones is 1. The topological polar surface area (TPSA) is 46.2 Å².